The number of fused-ring (bicyclic) bond motifs is 1. The van der Waals surface area contributed by atoms with E-state index in [1.54, 1.807) is 30.3 Å². The van der Waals surface area contributed by atoms with Crippen LogP contribution in [0.4, 0.5) is 5.69 Å². The van der Waals surface area contributed by atoms with Gasteiger partial charge in [0.2, 0.25) is 0 Å². The van der Waals surface area contributed by atoms with E-state index in [-0.39, 0.29) is 11.5 Å². The van der Waals surface area contributed by atoms with Crippen molar-refractivity contribution in [3.05, 3.63) is 105 Å². The summed E-state index contributed by atoms with van der Waals surface area (Å²) in [5.41, 5.74) is 5.66. The third-order valence-electron chi connectivity index (χ3n) is 4.85. The molecule has 4 aromatic rings. The lowest BCUT2D eigenvalue weighted by atomic mass is 10.1. The zero-order valence-electron chi connectivity index (χ0n) is 16.3. The van der Waals surface area contributed by atoms with Crippen LogP contribution >= 0.6 is 12.2 Å². The Kier molecular flexibility index (Phi) is 5.45. The van der Waals surface area contributed by atoms with E-state index in [1.165, 1.54) is 4.57 Å². The van der Waals surface area contributed by atoms with Gasteiger partial charge in [-0.25, -0.2) is 0 Å². The van der Waals surface area contributed by atoms with Crippen molar-refractivity contribution in [3.8, 4) is 0 Å². The molecule has 0 aliphatic carbocycles. The van der Waals surface area contributed by atoms with E-state index >= 15 is 0 Å². The Balaban J connectivity index is 1.66. The molecule has 30 heavy (non-hydrogen) atoms. The Morgan fingerprint density at radius 2 is 1.70 bits per heavy atom. The normalized spacial score (nSPS) is 10.7. The number of rotatable bonds is 5. The minimum absolute atomic E-state index is 0.198. The second-order valence-corrected chi connectivity index (χ2v) is 7.29. The fraction of sp³-hybridized carbons (Fsp3) is 0.0870. The van der Waals surface area contributed by atoms with Crippen LogP contribution in [0.5, 0.6) is 0 Å². The number of hydrogen-bond donors (Lipinski definition) is 2. The molecule has 0 bridgehead atoms. The van der Waals surface area contributed by atoms with E-state index in [0.717, 1.165) is 11.3 Å². The quantitative estimate of drug-likeness (QED) is 0.382. The van der Waals surface area contributed by atoms with Gasteiger partial charge in [0.05, 0.1) is 23.1 Å². The van der Waals surface area contributed by atoms with Gasteiger partial charge >= 0.3 is 0 Å². The largest absolute Gasteiger partial charge is 0.332 e. The molecule has 0 saturated carbocycles. The molecule has 0 aliphatic rings. The monoisotopic (exact) mass is 416 g/mol. The minimum atomic E-state index is -0.281. The molecule has 4 rings (SSSR count). The van der Waals surface area contributed by atoms with Gasteiger partial charge in [0.1, 0.15) is 0 Å². The number of nitrogens with one attached hydrogen (secondary N) is 2. The van der Waals surface area contributed by atoms with Gasteiger partial charge in [0.15, 0.2) is 4.77 Å². The number of nitrogens with zero attached hydrogens (tertiary/aromatic N) is 2. The highest BCUT2D eigenvalue weighted by Crippen LogP contribution is 2.16. The summed E-state index contributed by atoms with van der Waals surface area (Å²) in [7, 11) is 1.61. The molecule has 0 radical (unpaired) electrons. The zero-order valence-corrected chi connectivity index (χ0v) is 17.1. The molecular weight excluding hydrogens is 396 g/mol. The van der Waals surface area contributed by atoms with E-state index in [1.807, 2.05) is 60.7 Å². The Morgan fingerprint density at radius 1 is 1.03 bits per heavy atom. The number of carbonyl (C=O) groups excluding carboxylic acids is 1. The number of hydrogen-bond acceptors (Lipinski definition) is 4. The molecule has 1 amide bonds. The Labute approximate surface area is 178 Å². The number of aromatic amines is 1. The third-order valence-corrected chi connectivity index (χ3v) is 5.23. The summed E-state index contributed by atoms with van der Waals surface area (Å²) in [6.07, 6.45) is 0. The molecule has 0 unspecified atom stereocenters. The number of carbonyl (C=O) groups is 1. The molecule has 0 aliphatic heterocycles. The lowest BCUT2D eigenvalue weighted by Gasteiger charge is -2.25. The zero-order chi connectivity index (χ0) is 21.1. The topological polar surface area (TPSA) is 70.1 Å². The summed E-state index contributed by atoms with van der Waals surface area (Å²) in [5, 5.41) is 2.28. The smallest absolute Gasteiger partial charge is 0.269 e. The van der Waals surface area contributed by atoms with E-state index in [2.05, 4.69) is 10.4 Å². The van der Waals surface area contributed by atoms with Gasteiger partial charge in [-0.3, -0.25) is 24.6 Å². The molecule has 0 atom stereocenters. The molecule has 2 N–H and O–H groups in total. The number of para-hydroxylation sites is 1. The summed E-state index contributed by atoms with van der Waals surface area (Å²) in [4.78, 5) is 28.4. The van der Waals surface area contributed by atoms with E-state index < -0.39 is 0 Å². The highest BCUT2D eigenvalue weighted by molar-refractivity contribution is 7.71. The van der Waals surface area contributed by atoms with Crippen molar-refractivity contribution in [1.82, 2.24) is 15.0 Å². The lowest BCUT2D eigenvalue weighted by Crippen LogP contribution is -2.42. The van der Waals surface area contributed by atoms with Gasteiger partial charge in [0, 0.05) is 12.6 Å². The van der Waals surface area contributed by atoms with Crippen LogP contribution in [0, 0.1) is 4.77 Å². The van der Waals surface area contributed by atoms with Gasteiger partial charge in [-0.1, -0.05) is 48.5 Å². The standard InChI is InChI=1S/C23H20N4O2S/c1-26-22(29)19-13-12-17(14-20(19)24-23(26)30)21(28)25-27(18-10-6-3-7-11-18)15-16-8-4-2-5-9-16/h2-14H,15H2,1H3,(H,24,30)(H,25,28). The van der Waals surface area contributed by atoms with Gasteiger partial charge in [-0.2, -0.15) is 0 Å². The van der Waals surface area contributed by atoms with Crippen molar-refractivity contribution in [2.24, 2.45) is 7.05 Å². The number of aromatic nitrogens is 2. The Morgan fingerprint density at radius 3 is 2.40 bits per heavy atom. The maximum Gasteiger partial charge on any atom is 0.269 e. The molecule has 3 aromatic carbocycles. The fourth-order valence-electron chi connectivity index (χ4n) is 3.20. The highest BCUT2D eigenvalue weighted by Gasteiger charge is 2.14. The molecule has 0 fully saturated rings. The molecular formula is C23H20N4O2S. The van der Waals surface area contributed by atoms with Gasteiger partial charge < -0.3 is 4.98 Å². The van der Waals surface area contributed by atoms with Crippen LogP contribution in [0.1, 0.15) is 15.9 Å². The number of benzene rings is 3. The average molecular weight is 417 g/mol. The molecule has 0 saturated heterocycles. The van der Waals surface area contributed by atoms with Crippen molar-refractivity contribution >= 4 is 34.7 Å². The van der Waals surface area contributed by atoms with Crippen LogP contribution in [-0.2, 0) is 13.6 Å². The molecule has 6 nitrogen and oxygen atoms in total. The van der Waals surface area contributed by atoms with E-state index in [9.17, 15) is 9.59 Å². The van der Waals surface area contributed by atoms with Crippen LogP contribution in [0.15, 0.2) is 83.7 Å². The van der Waals surface area contributed by atoms with Crippen LogP contribution in [-0.4, -0.2) is 15.5 Å². The maximum atomic E-state index is 13.0. The number of amides is 1. The van der Waals surface area contributed by atoms with Gasteiger partial charge in [0.25, 0.3) is 11.5 Å². The van der Waals surface area contributed by atoms with Crippen LogP contribution in [0.25, 0.3) is 10.9 Å². The van der Waals surface area contributed by atoms with Crippen LogP contribution < -0.4 is 16.0 Å². The second-order valence-electron chi connectivity index (χ2n) is 6.90. The predicted octanol–water partition coefficient (Wildman–Crippen LogP) is 3.95. The fourth-order valence-corrected chi connectivity index (χ4v) is 3.40. The van der Waals surface area contributed by atoms with Gasteiger partial charge in [-0.05, 0) is 48.1 Å². The van der Waals surface area contributed by atoms with Crippen molar-refractivity contribution in [2.75, 3.05) is 5.01 Å². The number of hydrazine groups is 1. The average Bonchev–Trinajstić information content (AvgIpc) is 2.78. The molecule has 1 heterocycles. The first-order valence-electron chi connectivity index (χ1n) is 9.43. The minimum Gasteiger partial charge on any atom is -0.332 e. The second kappa shape index (κ2) is 8.34. The van der Waals surface area contributed by atoms with Crippen molar-refractivity contribution in [1.29, 1.82) is 0 Å². The first-order valence-corrected chi connectivity index (χ1v) is 9.84. The Hall–Kier alpha value is -3.71. The van der Waals surface area contributed by atoms with Crippen molar-refractivity contribution < 1.29 is 4.79 Å². The van der Waals surface area contributed by atoms with E-state index in [0.29, 0.717) is 27.8 Å². The van der Waals surface area contributed by atoms with Crippen LogP contribution in [0.3, 0.4) is 0 Å². The molecule has 7 heteroatoms. The number of H-pyrrole nitrogens is 1. The number of anilines is 1. The highest BCUT2D eigenvalue weighted by atomic mass is 32.1. The summed E-state index contributed by atoms with van der Waals surface area (Å²) in [5.74, 6) is -0.281. The lowest BCUT2D eigenvalue weighted by molar-refractivity contribution is 0.0948. The molecule has 150 valence electrons. The maximum absolute atomic E-state index is 13.0. The van der Waals surface area contributed by atoms with Crippen LogP contribution in [0.2, 0.25) is 0 Å². The SMILES string of the molecule is Cn1c(=S)[nH]c2cc(C(=O)NN(Cc3ccccc3)c3ccccc3)ccc2c1=O. The summed E-state index contributed by atoms with van der Waals surface area (Å²) < 4.78 is 1.68. The first kappa shape index (κ1) is 19.6. The van der Waals surface area contributed by atoms with Crippen molar-refractivity contribution in [3.63, 3.8) is 0 Å². The predicted molar refractivity (Wildman–Crippen MR) is 121 cm³/mol. The summed E-state index contributed by atoms with van der Waals surface area (Å²) >= 11 is 5.18. The summed E-state index contributed by atoms with van der Waals surface area (Å²) in [6.45, 7) is 0.507. The molecule has 1 aromatic heterocycles. The van der Waals surface area contributed by atoms with Crippen molar-refractivity contribution in [2.45, 2.75) is 6.54 Å². The Bertz CT molecular complexity index is 1310. The summed E-state index contributed by atoms with van der Waals surface area (Å²) in [6, 6.07) is 24.5. The third kappa shape index (κ3) is 4.01. The molecule has 0 spiro atoms. The first-order chi connectivity index (χ1) is 14.5. The van der Waals surface area contributed by atoms with Gasteiger partial charge in [-0.15, -0.1) is 0 Å². The van der Waals surface area contributed by atoms with E-state index in [4.69, 9.17) is 12.2 Å².